The van der Waals surface area contributed by atoms with Gasteiger partial charge in [0.25, 0.3) is 5.69 Å². The van der Waals surface area contributed by atoms with Crippen LogP contribution >= 0.6 is 0 Å². The van der Waals surface area contributed by atoms with E-state index < -0.39 is 11.0 Å². The van der Waals surface area contributed by atoms with Crippen LogP contribution < -0.4 is 10.6 Å². The van der Waals surface area contributed by atoms with Crippen molar-refractivity contribution in [3.05, 3.63) is 64.2 Å². The third-order valence-electron chi connectivity index (χ3n) is 2.77. The van der Waals surface area contributed by atoms with Crippen molar-refractivity contribution in [3.63, 3.8) is 0 Å². The van der Waals surface area contributed by atoms with Gasteiger partial charge in [0, 0.05) is 29.9 Å². The molecule has 0 heterocycles. The lowest BCUT2D eigenvalue weighted by Crippen LogP contribution is -2.28. The fourth-order valence-electron chi connectivity index (χ4n) is 1.68. The molecule has 2 rings (SSSR count). The van der Waals surface area contributed by atoms with Gasteiger partial charge in [-0.2, -0.15) is 0 Å². The SMILES string of the molecule is O=C(NCc1ccccc1O)Nc1ccc([N+](=O)[O-])cc1. The highest BCUT2D eigenvalue weighted by molar-refractivity contribution is 5.89. The van der Waals surface area contributed by atoms with Crippen molar-refractivity contribution in [2.75, 3.05) is 5.32 Å². The summed E-state index contributed by atoms with van der Waals surface area (Å²) in [6.45, 7) is 0.172. The number of phenols is 1. The van der Waals surface area contributed by atoms with E-state index in [1.165, 1.54) is 30.3 Å². The Labute approximate surface area is 120 Å². The molecule has 0 aliphatic carbocycles. The number of anilines is 1. The number of hydrogen-bond acceptors (Lipinski definition) is 4. The fraction of sp³-hybridized carbons (Fsp3) is 0.0714. The van der Waals surface area contributed by atoms with Gasteiger partial charge in [0.2, 0.25) is 0 Å². The number of rotatable bonds is 4. The molecule has 3 N–H and O–H groups in total. The van der Waals surface area contributed by atoms with Crippen LogP contribution in [0.15, 0.2) is 48.5 Å². The highest BCUT2D eigenvalue weighted by atomic mass is 16.6. The van der Waals surface area contributed by atoms with E-state index in [0.717, 1.165) is 0 Å². The van der Waals surface area contributed by atoms with Crippen LogP contribution in [-0.2, 0) is 6.54 Å². The lowest BCUT2D eigenvalue weighted by atomic mass is 10.2. The molecule has 0 bridgehead atoms. The Balaban J connectivity index is 1.90. The van der Waals surface area contributed by atoms with E-state index in [4.69, 9.17) is 0 Å². The van der Waals surface area contributed by atoms with Crippen LogP contribution in [0, 0.1) is 10.1 Å². The van der Waals surface area contributed by atoms with Crippen LogP contribution in [0.5, 0.6) is 5.75 Å². The number of carbonyl (C=O) groups is 1. The third-order valence-corrected chi connectivity index (χ3v) is 2.77. The lowest BCUT2D eigenvalue weighted by molar-refractivity contribution is -0.384. The van der Waals surface area contributed by atoms with E-state index in [2.05, 4.69) is 10.6 Å². The standard InChI is InChI=1S/C14H13N3O4/c18-13-4-2-1-3-10(13)9-15-14(19)16-11-5-7-12(8-6-11)17(20)21/h1-8,18H,9H2,(H2,15,16,19). The topological polar surface area (TPSA) is 104 Å². The second kappa shape index (κ2) is 6.38. The Bertz CT molecular complexity index is 656. The molecule has 0 spiro atoms. The summed E-state index contributed by atoms with van der Waals surface area (Å²) in [6.07, 6.45) is 0. The first-order valence-corrected chi connectivity index (χ1v) is 6.12. The van der Waals surface area contributed by atoms with Gasteiger partial charge < -0.3 is 15.7 Å². The third kappa shape index (κ3) is 3.93. The minimum absolute atomic E-state index is 0.0461. The Kier molecular flexibility index (Phi) is 4.35. The van der Waals surface area contributed by atoms with Crippen LogP contribution in [0.3, 0.4) is 0 Å². The second-order valence-electron chi connectivity index (χ2n) is 4.24. The summed E-state index contributed by atoms with van der Waals surface area (Å²) in [5.74, 6) is 0.105. The van der Waals surface area contributed by atoms with Gasteiger partial charge in [-0.1, -0.05) is 18.2 Å². The molecule has 0 radical (unpaired) electrons. The van der Waals surface area contributed by atoms with Crippen LogP contribution in [0.25, 0.3) is 0 Å². The summed E-state index contributed by atoms with van der Waals surface area (Å²) in [7, 11) is 0. The molecule has 2 aromatic rings. The normalized spacial score (nSPS) is 9.90. The summed E-state index contributed by atoms with van der Waals surface area (Å²) >= 11 is 0. The van der Waals surface area contributed by atoms with Crippen molar-refractivity contribution in [3.8, 4) is 5.75 Å². The van der Waals surface area contributed by atoms with Crippen molar-refractivity contribution in [2.45, 2.75) is 6.54 Å². The number of amides is 2. The number of benzene rings is 2. The molecule has 0 saturated carbocycles. The van der Waals surface area contributed by atoms with Crippen LogP contribution in [0.2, 0.25) is 0 Å². The van der Waals surface area contributed by atoms with Crippen LogP contribution in [-0.4, -0.2) is 16.1 Å². The number of nitrogens with zero attached hydrogens (tertiary/aromatic N) is 1. The van der Waals surface area contributed by atoms with Gasteiger partial charge in [-0.05, 0) is 18.2 Å². The number of nitro benzene ring substituents is 1. The number of nitro groups is 1. The maximum absolute atomic E-state index is 11.7. The zero-order valence-electron chi connectivity index (χ0n) is 10.9. The first-order chi connectivity index (χ1) is 10.1. The first kappa shape index (κ1) is 14.3. The molecule has 0 saturated heterocycles. The fourth-order valence-corrected chi connectivity index (χ4v) is 1.68. The monoisotopic (exact) mass is 287 g/mol. The number of phenolic OH excluding ortho intramolecular Hbond substituents is 1. The molecule has 7 heteroatoms. The van der Waals surface area contributed by atoms with Gasteiger partial charge in [-0.15, -0.1) is 0 Å². The summed E-state index contributed by atoms with van der Waals surface area (Å²) in [4.78, 5) is 21.7. The summed E-state index contributed by atoms with van der Waals surface area (Å²) in [6, 6.07) is 11.7. The molecule has 0 fully saturated rings. The molecule has 2 aromatic carbocycles. The average Bonchev–Trinajstić information content (AvgIpc) is 2.47. The van der Waals surface area contributed by atoms with Crippen molar-refractivity contribution in [1.29, 1.82) is 0 Å². The molecule has 2 amide bonds. The highest BCUT2D eigenvalue weighted by Crippen LogP contribution is 2.16. The average molecular weight is 287 g/mol. The number of hydrogen-bond donors (Lipinski definition) is 3. The molecule has 0 aliphatic heterocycles. The molecule has 0 aromatic heterocycles. The smallest absolute Gasteiger partial charge is 0.319 e. The number of non-ortho nitro benzene ring substituents is 1. The summed E-state index contributed by atoms with van der Waals surface area (Å²) < 4.78 is 0. The van der Waals surface area contributed by atoms with Gasteiger partial charge in [0.05, 0.1) is 4.92 Å². The van der Waals surface area contributed by atoms with Crippen LogP contribution in [0.1, 0.15) is 5.56 Å². The lowest BCUT2D eigenvalue weighted by Gasteiger charge is -2.08. The van der Waals surface area contributed by atoms with Crippen LogP contribution in [0.4, 0.5) is 16.2 Å². The number of urea groups is 1. The molecule has 21 heavy (non-hydrogen) atoms. The Morgan fingerprint density at radius 2 is 1.81 bits per heavy atom. The highest BCUT2D eigenvalue weighted by Gasteiger charge is 2.07. The van der Waals surface area contributed by atoms with E-state index in [-0.39, 0.29) is 18.0 Å². The number of nitrogens with one attached hydrogen (secondary N) is 2. The Morgan fingerprint density at radius 3 is 2.43 bits per heavy atom. The van der Waals surface area contributed by atoms with E-state index >= 15 is 0 Å². The molecule has 0 aliphatic rings. The van der Waals surface area contributed by atoms with Crippen molar-refractivity contribution < 1.29 is 14.8 Å². The molecular formula is C14H13N3O4. The molecule has 108 valence electrons. The molecule has 0 atom stereocenters. The maximum Gasteiger partial charge on any atom is 0.319 e. The Hall–Kier alpha value is -3.09. The van der Waals surface area contributed by atoms with Gasteiger partial charge in [-0.25, -0.2) is 4.79 Å². The first-order valence-electron chi connectivity index (χ1n) is 6.12. The zero-order chi connectivity index (χ0) is 15.2. The largest absolute Gasteiger partial charge is 0.508 e. The maximum atomic E-state index is 11.7. The molecule has 7 nitrogen and oxygen atoms in total. The summed E-state index contributed by atoms with van der Waals surface area (Å²) in [5, 5.41) is 25.2. The van der Waals surface area contributed by atoms with Gasteiger partial charge >= 0.3 is 6.03 Å². The molecule has 0 unspecified atom stereocenters. The zero-order valence-corrected chi connectivity index (χ0v) is 10.9. The quantitative estimate of drug-likeness (QED) is 0.593. The predicted octanol–water partition coefficient (Wildman–Crippen LogP) is 2.62. The van der Waals surface area contributed by atoms with E-state index in [1.807, 2.05) is 0 Å². The predicted molar refractivity (Wildman–Crippen MR) is 77.1 cm³/mol. The van der Waals surface area contributed by atoms with Crippen molar-refractivity contribution in [2.24, 2.45) is 0 Å². The molecular weight excluding hydrogens is 274 g/mol. The van der Waals surface area contributed by atoms with Gasteiger partial charge in [0.1, 0.15) is 5.75 Å². The van der Waals surface area contributed by atoms with E-state index in [0.29, 0.717) is 11.3 Å². The van der Waals surface area contributed by atoms with E-state index in [1.54, 1.807) is 18.2 Å². The summed E-state index contributed by atoms with van der Waals surface area (Å²) in [5.41, 5.74) is 0.988. The number of aromatic hydroxyl groups is 1. The van der Waals surface area contributed by atoms with E-state index in [9.17, 15) is 20.0 Å². The number of para-hydroxylation sites is 1. The Morgan fingerprint density at radius 1 is 1.14 bits per heavy atom. The van der Waals surface area contributed by atoms with Gasteiger partial charge in [-0.3, -0.25) is 10.1 Å². The minimum Gasteiger partial charge on any atom is -0.508 e. The number of carbonyl (C=O) groups excluding carboxylic acids is 1. The van der Waals surface area contributed by atoms with Crippen molar-refractivity contribution >= 4 is 17.4 Å². The van der Waals surface area contributed by atoms with Crippen molar-refractivity contribution in [1.82, 2.24) is 5.32 Å². The second-order valence-corrected chi connectivity index (χ2v) is 4.24. The van der Waals surface area contributed by atoms with Gasteiger partial charge in [0.15, 0.2) is 0 Å². The minimum atomic E-state index is -0.512.